The number of rotatable bonds is 3. The highest BCUT2D eigenvalue weighted by Gasteiger charge is 2.05. The Labute approximate surface area is 116 Å². The monoisotopic (exact) mass is 261 g/mol. The van der Waals surface area contributed by atoms with E-state index in [1.54, 1.807) is 36.4 Å². The third-order valence-corrected chi connectivity index (χ3v) is 2.64. The Kier molecular flexibility index (Phi) is 4.01. The van der Waals surface area contributed by atoms with Crippen LogP contribution in [0.5, 0.6) is 11.5 Å². The fourth-order valence-electron chi connectivity index (χ4n) is 1.62. The lowest BCUT2D eigenvalue weighted by atomic mass is 10.1. The second-order valence-corrected chi connectivity index (χ2v) is 3.95. The summed E-state index contributed by atoms with van der Waals surface area (Å²) in [6.07, 6.45) is 0. The molecular formula is C16H11N3O. The van der Waals surface area contributed by atoms with E-state index in [1.807, 2.05) is 30.3 Å². The molecule has 0 unspecified atom stereocenters. The Morgan fingerprint density at radius 1 is 0.850 bits per heavy atom. The van der Waals surface area contributed by atoms with Gasteiger partial charge in [0.15, 0.2) is 5.57 Å². The molecule has 2 N–H and O–H groups in total. The second-order valence-electron chi connectivity index (χ2n) is 3.95. The van der Waals surface area contributed by atoms with E-state index in [0.717, 1.165) is 5.75 Å². The zero-order valence-corrected chi connectivity index (χ0v) is 10.6. The van der Waals surface area contributed by atoms with Crippen molar-refractivity contribution in [1.29, 1.82) is 10.5 Å². The van der Waals surface area contributed by atoms with E-state index in [0.29, 0.717) is 11.3 Å². The van der Waals surface area contributed by atoms with Crippen LogP contribution in [-0.2, 0) is 0 Å². The molecule has 0 fully saturated rings. The van der Waals surface area contributed by atoms with Gasteiger partial charge in [-0.2, -0.15) is 10.5 Å². The number of allylic oxidation sites excluding steroid dienone is 1. The summed E-state index contributed by atoms with van der Waals surface area (Å²) in [6.45, 7) is 0. The van der Waals surface area contributed by atoms with Crippen molar-refractivity contribution < 1.29 is 4.74 Å². The minimum absolute atomic E-state index is 0.0956. The lowest BCUT2D eigenvalue weighted by Gasteiger charge is -2.07. The van der Waals surface area contributed by atoms with Gasteiger partial charge in [0.25, 0.3) is 0 Å². The Balaban J connectivity index is 2.22. The zero-order valence-electron chi connectivity index (χ0n) is 10.6. The molecule has 20 heavy (non-hydrogen) atoms. The van der Waals surface area contributed by atoms with Gasteiger partial charge in [-0.15, -0.1) is 0 Å². The second kappa shape index (κ2) is 6.08. The highest BCUT2D eigenvalue weighted by Crippen LogP contribution is 2.23. The van der Waals surface area contributed by atoms with Crippen LogP contribution in [0.3, 0.4) is 0 Å². The summed E-state index contributed by atoms with van der Waals surface area (Å²) in [5, 5.41) is 17.5. The van der Waals surface area contributed by atoms with Crippen molar-refractivity contribution in [2.75, 3.05) is 0 Å². The summed E-state index contributed by atoms with van der Waals surface area (Å²) in [7, 11) is 0. The Morgan fingerprint density at radius 2 is 1.40 bits per heavy atom. The van der Waals surface area contributed by atoms with Crippen LogP contribution in [-0.4, -0.2) is 0 Å². The summed E-state index contributed by atoms with van der Waals surface area (Å²) in [5.41, 5.74) is 6.44. The van der Waals surface area contributed by atoms with Crippen LogP contribution >= 0.6 is 0 Å². The van der Waals surface area contributed by atoms with Gasteiger partial charge in [0, 0.05) is 0 Å². The summed E-state index contributed by atoms with van der Waals surface area (Å²) < 4.78 is 5.64. The molecule has 0 spiro atoms. The number of ether oxygens (including phenoxy) is 1. The average molecular weight is 261 g/mol. The Hall–Kier alpha value is -3.24. The molecule has 2 aromatic carbocycles. The molecule has 0 aliphatic carbocycles. The third-order valence-electron chi connectivity index (χ3n) is 2.64. The van der Waals surface area contributed by atoms with Crippen molar-refractivity contribution in [2.45, 2.75) is 0 Å². The SMILES string of the molecule is N#CC(C#N)=C(N)c1ccc(Oc2ccccc2)cc1. The van der Waals surface area contributed by atoms with Crippen LogP contribution < -0.4 is 10.5 Å². The first kappa shape index (κ1) is 13.2. The van der Waals surface area contributed by atoms with E-state index in [4.69, 9.17) is 21.0 Å². The maximum absolute atomic E-state index is 8.77. The van der Waals surface area contributed by atoms with Gasteiger partial charge in [-0.1, -0.05) is 18.2 Å². The van der Waals surface area contributed by atoms with Gasteiger partial charge in [0.1, 0.15) is 23.6 Å². The number of nitrogens with zero attached hydrogens (tertiary/aromatic N) is 2. The van der Waals surface area contributed by atoms with Crippen molar-refractivity contribution in [1.82, 2.24) is 0 Å². The number of nitriles is 2. The zero-order chi connectivity index (χ0) is 14.4. The van der Waals surface area contributed by atoms with Crippen molar-refractivity contribution in [2.24, 2.45) is 5.73 Å². The first-order valence-corrected chi connectivity index (χ1v) is 5.88. The van der Waals surface area contributed by atoms with E-state index in [2.05, 4.69) is 0 Å². The Bertz CT molecular complexity index is 688. The summed E-state index contributed by atoms with van der Waals surface area (Å²) in [5.74, 6) is 1.39. The normalized spacial score (nSPS) is 9.10. The quantitative estimate of drug-likeness (QED) is 0.860. The standard InChI is InChI=1S/C16H11N3O/c17-10-13(11-18)16(19)12-6-8-15(9-7-12)20-14-4-2-1-3-5-14/h1-9H,19H2. The molecule has 0 saturated heterocycles. The molecule has 0 atom stereocenters. The predicted molar refractivity (Wildman–Crippen MR) is 75.3 cm³/mol. The van der Waals surface area contributed by atoms with E-state index >= 15 is 0 Å². The summed E-state index contributed by atoms with van der Waals surface area (Å²) >= 11 is 0. The van der Waals surface area contributed by atoms with E-state index in [1.165, 1.54) is 0 Å². The predicted octanol–water partition coefficient (Wildman–Crippen LogP) is 3.20. The molecular weight excluding hydrogens is 250 g/mol. The van der Waals surface area contributed by atoms with Crippen LogP contribution in [0.2, 0.25) is 0 Å². The van der Waals surface area contributed by atoms with Crippen molar-refractivity contribution in [3.8, 4) is 23.6 Å². The van der Waals surface area contributed by atoms with Crippen LogP contribution in [0.4, 0.5) is 0 Å². The van der Waals surface area contributed by atoms with Gasteiger partial charge < -0.3 is 10.5 Å². The van der Waals surface area contributed by atoms with Gasteiger partial charge >= 0.3 is 0 Å². The molecule has 2 rings (SSSR count). The van der Waals surface area contributed by atoms with E-state index in [-0.39, 0.29) is 11.3 Å². The number of benzene rings is 2. The minimum Gasteiger partial charge on any atom is -0.457 e. The van der Waals surface area contributed by atoms with Crippen molar-refractivity contribution in [3.05, 3.63) is 65.7 Å². The molecule has 4 heteroatoms. The highest BCUT2D eigenvalue weighted by atomic mass is 16.5. The fourth-order valence-corrected chi connectivity index (χ4v) is 1.62. The molecule has 0 aliphatic rings. The third kappa shape index (κ3) is 2.95. The molecule has 4 nitrogen and oxygen atoms in total. The van der Waals surface area contributed by atoms with Gasteiger partial charge in [0.05, 0.1) is 5.70 Å². The van der Waals surface area contributed by atoms with Gasteiger partial charge in [-0.3, -0.25) is 0 Å². The molecule has 0 heterocycles. The van der Waals surface area contributed by atoms with Crippen LogP contribution in [0, 0.1) is 22.7 Å². The first-order valence-electron chi connectivity index (χ1n) is 5.88. The van der Waals surface area contributed by atoms with Gasteiger partial charge in [0.2, 0.25) is 0 Å². The average Bonchev–Trinajstić information content (AvgIpc) is 2.50. The van der Waals surface area contributed by atoms with Crippen LogP contribution in [0.15, 0.2) is 60.2 Å². The maximum Gasteiger partial charge on any atom is 0.153 e. The molecule has 96 valence electrons. The lowest BCUT2D eigenvalue weighted by Crippen LogP contribution is -1.99. The number of para-hydroxylation sites is 1. The van der Waals surface area contributed by atoms with Crippen molar-refractivity contribution >= 4 is 5.70 Å². The molecule has 0 amide bonds. The molecule has 0 saturated carbocycles. The van der Waals surface area contributed by atoms with E-state index in [9.17, 15) is 0 Å². The largest absolute Gasteiger partial charge is 0.457 e. The molecule has 0 aromatic heterocycles. The first-order chi connectivity index (χ1) is 9.74. The number of hydrogen-bond acceptors (Lipinski definition) is 4. The van der Waals surface area contributed by atoms with Crippen LogP contribution in [0.1, 0.15) is 5.56 Å². The number of nitrogens with two attached hydrogens (primary N) is 1. The molecule has 0 radical (unpaired) electrons. The molecule has 0 bridgehead atoms. The van der Waals surface area contributed by atoms with Crippen LogP contribution in [0.25, 0.3) is 5.70 Å². The van der Waals surface area contributed by atoms with Gasteiger partial charge in [-0.05, 0) is 42.0 Å². The molecule has 2 aromatic rings. The van der Waals surface area contributed by atoms with Crippen molar-refractivity contribution in [3.63, 3.8) is 0 Å². The molecule has 0 aliphatic heterocycles. The minimum atomic E-state index is -0.0956. The smallest absolute Gasteiger partial charge is 0.153 e. The van der Waals surface area contributed by atoms with E-state index < -0.39 is 0 Å². The maximum atomic E-state index is 8.77. The van der Waals surface area contributed by atoms with Gasteiger partial charge in [-0.25, -0.2) is 0 Å². The summed E-state index contributed by atoms with van der Waals surface area (Å²) in [6, 6.07) is 19.8. The summed E-state index contributed by atoms with van der Waals surface area (Å²) in [4.78, 5) is 0. The highest BCUT2D eigenvalue weighted by molar-refractivity contribution is 5.73. The topological polar surface area (TPSA) is 82.8 Å². The Morgan fingerprint density at radius 3 is 1.95 bits per heavy atom. The fraction of sp³-hybridized carbons (Fsp3) is 0. The number of hydrogen-bond donors (Lipinski definition) is 1. The lowest BCUT2D eigenvalue weighted by molar-refractivity contribution is 0.482.